The van der Waals surface area contributed by atoms with Crippen LogP contribution in [0.4, 0.5) is 0 Å². The third kappa shape index (κ3) is 4.68. The molecule has 2 aromatic rings. The van der Waals surface area contributed by atoms with Crippen molar-refractivity contribution in [3.8, 4) is 11.1 Å². The maximum absolute atomic E-state index is 12.1. The Kier molecular flexibility index (Phi) is 6.19. The highest BCUT2D eigenvalue weighted by atomic mass is 32.2. The molecule has 2 rings (SSSR count). The Labute approximate surface area is 146 Å². The first kappa shape index (κ1) is 18.7. The lowest BCUT2D eigenvalue weighted by atomic mass is 9.93. The molecule has 0 radical (unpaired) electrons. The summed E-state index contributed by atoms with van der Waals surface area (Å²) in [5, 5.41) is 5.47. The van der Waals surface area contributed by atoms with Crippen LogP contribution in [0.5, 0.6) is 0 Å². The first-order valence-electron chi connectivity index (χ1n) is 8.57. The molecule has 0 saturated carbocycles. The molecule has 2 aromatic carbocycles. The van der Waals surface area contributed by atoms with Gasteiger partial charge >= 0.3 is 0 Å². The number of hydrogen-bond donors (Lipinski definition) is 1. The van der Waals surface area contributed by atoms with Gasteiger partial charge in [-0.15, -0.1) is 0 Å². The van der Waals surface area contributed by atoms with Crippen molar-refractivity contribution >= 4 is 10.0 Å². The molecule has 0 bridgehead atoms. The van der Waals surface area contributed by atoms with Gasteiger partial charge in [0.1, 0.15) is 0 Å². The zero-order valence-corrected chi connectivity index (χ0v) is 15.6. The van der Waals surface area contributed by atoms with Gasteiger partial charge < -0.3 is 0 Å². The van der Waals surface area contributed by atoms with E-state index in [9.17, 15) is 8.42 Å². The van der Waals surface area contributed by atoms with Crippen molar-refractivity contribution in [3.05, 3.63) is 53.6 Å². The highest BCUT2D eigenvalue weighted by Gasteiger charge is 2.18. The van der Waals surface area contributed by atoms with Gasteiger partial charge in [0.25, 0.3) is 0 Å². The van der Waals surface area contributed by atoms with E-state index in [0.29, 0.717) is 5.92 Å². The van der Waals surface area contributed by atoms with E-state index in [1.807, 2.05) is 30.3 Å². The molecule has 0 heterocycles. The average Bonchev–Trinajstić information content (AvgIpc) is 2.51. The average molecular weight is 346 g/mol. The van der Waals surface area contributed by atoms with Crippen LogP contribution < -0.4 is 5.14 Å². The minimum Gasteiger partial charge on any atom is -0.225 e. The maximum atomic E-state index is 12.1. The summed E-state index contributed by atoms with van der Waals surface area (Å²) in [6.45, 7) is 6.46. The molecule has 3 nitrogen and oxygen atoms in total. The van der Waals surface area contributed by atoms with Gasteiger partial charge in [-0.3, -0.25) is 0 Å². The number of unbranched alkanes of at least 4 members (excludes halogenated alkanes) is 1. The Morgan fingerprint density at radius 1 is 1.04 bits per heavy atom. The van der Waals surface area contributed by atoms with E-state index in [2.05, 4.69) is 26.8 Å². The lowest BCUT2D eigenvalue weighted by Crippen LogP contribution is -2.14. The quantitative estimate of drug-likeness (QED) is 0.800. The second-order valence-electron chi connectivity index (χ2n) is 6.73. The van der Waals surface area contributed by atoms with Crippen molar-refractivity contribution in [2.24, 2.45) is 11.1 Å². The van der Waals surface area contributed by atoms with Crippen molar-refractivity contribution < 1.29 is 8.42 Å². The second kappa shape index (κ2) is 7.95. The van der Waals surface area contributed by atoms with Gasteiger partial charge in [0.05, 0.1) is 4.90 Å². The van der Waals surface area contributed by atoms with Crippen molar-refractivity contribution in [2.75, 3.05) is 0 Å². The number of sulfonamides is 1. The monoisotopic (exact) mass is 345 g/mol. The largest absolute Gasteiger partial charge is 0.238 e. The molecule has 0 aliphatic heterocycles. The summed E-state index contributed by atoms with van der Waals surface area (Å²) in [6, 6.07) is 13.5. The first-order valence-corrected chi connectivity index (χ1v) is 10.1. The summed E-state index contributed by atoms with van der Waals surface area (Å²) in [4.78, 5) is 0.207. The molecule has 0 spiro atoms. The van der Waals surface area contributed by atoms with E-state index in [4.69, 9.17) is 5.14 Å². The number of hydrogen-bond acceptors (Lipinski definition) is 2. The van der Waals surface area contributed by atoms with E-state index in [0.717, 1.165) is 42.4 Å². The summed E-state index contributed by atoms with van der Waals surface area (Å²) >= 11 is 0. The minimum atomic E-state index is -3.76. The third-order valence-corrected chi connectivity index (χ3v) is 5.07. The number of primary sulfonamides is 1. The summed E-state index contributed by atoms with van der Waals surface area (Å²) in [5.41, 5.74) is 4.01. The van der Waals surface area contributed by atoms with Crippen LogP contribution >= 0.6 is 0 Å². The van der Waals surface area contributed by atoms with Gasteiger partial charge in [-0.2, -0.15) is 0 Å². The molecule has 0 aromatic heterocycles. The summed E-state index contributed by atoms with van der Waals surface area (Å²) in [7, 11) is -3.76. The molecule has 0 amide bonds. The zero-order chi connectivity index (χ0) is 17.7. The predicted octanol–water partition coefficient (Wildman–Crippen LogP) is 4.54. The lowest BCUT2D eigenvalue weighted by molar-refractivity contribution is 0.598. The SMILES string of the molecule is CCCCc1ccccc1-c1cc(CC(C)C)ccc1S(N)(=O)=O. The summed E-state index contributed by atoms with van der Waals surface area (Å²) < 4.78 is 24.1. The fourth-order valence-corrected chi connectivity index (χ4v) is 3.74. The van der Waals surface area contributed by atoms with Gasteiger partial charge in [0.15, 0.2) is 0 Å². The molecule has 2 N–H and O–H groups in total. The Hall–Kier alpha value is -1.65. The van der Waals surface area contributed by atoms with Crippen LogP contribution in [0.2, 0.25) is 0 Å². The number of rotatable bonds is 7. The molecule has 0 unspecified atom stereocenters. The van der Waals surface area contributed by atoms with E-state index < -0.39 is 10.0 Å². The predicted molar refractivity (Wildman–Crippen MR) is 100 cm³/mol. The van der Waals surface area contributed by atoms with Crippen LogP contribution in [-0.2, 0) is 22.9 Å². The topological polar surface area (TPSA) is 60.2 Å². The van der Waals surface area contributed by atoms with Crippen LogP contribution in [0.25, 0.3) is 11.1 Å². The Balaban J connectivity index is 2.62. The number of aryl methyl sites for hydroxylation is 1. The second-order valence-corrected chi connectivity index (χ2v) is 8.26. The highest BCUT2D eigenvalue weighted by molar-refractivity contribution is 7.89. The minimum absolute atomic E-state index is 0.207. The number of nitrogens with two attached hydrogens (primary N) is 1. The fraction of sp³-hybridized carbons (Fsp3) is 0.400. The molecular formula is C20H27NO2S. The van der Waals surface area contributed by atoms with Crippen molar-refractivity contribution in [2.45, 2.75) is 51.3 Å². The van der Waals surface area contributed by atoms with Crippen LogP contribution in [0, 0.1) is 5.92 Å². The van der Waals surface area contributed by atoms with Gasteiger partial charge in [-0.1, -0.05) is 57.5 Å². The van der Waals surface area contributed by atoms with E-state index >= 15 is 0 Å². The molecule has 0 saturated heterocycles. The van der Waals surface area contributed by atoms with Gasteiger partial charge in [-0.05, 0) is 54.0 Å². The fourth-order valence-electron chi connectivity index (χ4n) is 3.00. The molecule has 130 valence electrons. The first-order chi connectivity index (χ1) is 11.3. The molecule has 0 atom stereocenters. The van der Waals surface area contributed by atoms with Crippen LogP contribution in [0.15, 0.2) is 47.4 Å². The molecule has 24 heavy (non-hydrogen) atoms. The molecule has 0 fully saturated rings. The van der Waals surface area contributed by atoms with E-state index in [-0.39, 0.29) is 4.90 Å². The van der Waals surface area contributed by atoms with Crippen molar-refractivity contribution in [1.29, 1.82) is 0 Å². The molecule has 0 aliphatic rings. The van der Waals surface area contributed by atoms with Crippen molar-refractivity contribution in [1.82, 2.24) is 0 Å². The highest BCUT2D eigenvalue weighted by Crippen LogP contribution is 2.32. The van der Waals surface area contributed by atoms with Gasteiger partial charge in [0.2, 0.25) is 10.0 Å². The Bertz CT molecular complexity index is 795. The number of benzene rings is 2. The molecular weight excluding hydrogens is 318 g/mol. The van der Waals surface area contributed by atoms with E-state index in [1.54, 1.807) is 6.07 Å². The molecule has 4 heteroatoms. The summed E-state index contributed by atoms with van der Waals surface area (Å²) in [6.07, 6.45) is 4.03. The molecule has 0 aliphatic carbocycles. The van der Waals surface area contributed by atoms with Crippen LogP contribution in [0.3, 0.4) is 0 Å². The Morgan fingerprint density at radius 2 is 1.75 bits per heavy atom. The van der Waals surface area contributed by atoms with Crippen LogP contribution in [0.1, 0.15) is 44.7 Å². The zero-order valence-electron chi connectivity index (χ0n) is 14.7. The van der Waals surface area contributed by atoms with Gasteiger partial charge in [0, 0.05) is 5.56 Å². The smallest absolute Gasteiger partial charge is 0.225 e. The Morgan fingerprint density at radius 3 is 2.38 bits per heavy atom. The van der Waals surface area contributed by atoms with Crippen LogP contribution in [-0.4, -0.2) is 8.42 Å². The summed E-state index contributed by atoms with van der Waals surface area (Å²) in [5.74, 6) is 0.508. The lowest BCUT2D eigenvalue weighted by Gasteiger charge is -2.15. The normalized spacial score (nSPS) is 11.9. The van der Waals surface area contributed by atoms with E-state index in [1.165, 1.54) is 5.56 Å². The van der Waals surface area contributed by atoms with Gasteiger partial charge in [-0.25, -0.2) is 13.6 Å². The third-order valence-electron chi connectivity index (χ3n) is 4.10. The van der Waals surface area contributed by atoms with Crippen molar-refractivity contribution in [3.63, 3.8) is 0 Å². The standard InChI is InChI=1S/C20H27NO2S/c1-4-5-8-17-9-6-7-10-18(17)19-14-16(13-15(2)3)11-12-20(19)24(21,22)23/h6-7,9-12,14-15H,4-5,8,13H2,1-3H3,(H2,21,22,23). The maximum Gasteiger partial charge on any atom is 0.238 e.